The average Bonchev–Trinajstić information content (AvgIpc) is 2.87. The fourth-order valence-electron chi connectivity index (χ4n) is 6.00. The lowest BCUT2D eigenvalue weighted by molar-refractivity contribution is 0.113. The number of nitrogens with zero attached hydrogens (tertiary/aromatic N) is 2. The van der Waals surface area contributed by atoms with Crippen molar-refractivity contribution in [2.45, 2.75) is 32.4 Å². The number of fused-ring (bicyclic) bond motifs is 5. The highest BCUT2D eigenvalue weighted by Crippen LogP contribution is 2.37. The smallest absolute Gasteiger partial charge is 0.250 e. The van der Waals surface area contributed by atoms with E-state index >= 15 is 0 Å². The number of phenols is 1. The van der Waals surface area contributed by atoms with Crippen LogP contribution in [-0.4, -0.2) is 34.8 Å². The van der Waals surface area contributed by atoms with Crippen LogP contribution >= 0.6 is 0 Å². The predicted molar refractivity (Wildman–Crippen MR) is 138 cm³/mol. The topological polar surface area (TPSA) is 84.9 Å². The third-order valence-corrected chi connectivity index (χ3v) is 7.63. The zero-order valence-electron chi connectivity index (χ0n) is 20.4. The molecule has 0 unspecified atom stereocenters. The summed E-state index contributed by atoms with van der Waals surface area (Å²) in [6, 6.07) is 16.1. The van der Waals surface area contributed by atoms with Crippen molar-refractivity contribution >= 4 is 11.0 Å². The van der Waals surface area contributed by atoms with Gasteiger partial charge in [-0.1, -0.05) is 18.2 Å². The second kappa shape index (κ2) is 8.68. The van der Waals surface area contributed by atoms with Gasteiger partial charge >= 0.3 is 0 Å². The summed E-state index contributed by atoms with van der Waals surface area (Å²) in [4.78, 5) is 28.2. The van der Waals surface area contributed by atoms with Gasteiger partial charge in [-0.05, 0) is 55.2 Å². The molecule has 0 saturated carbocycles. The Morgan fingerprint density at radius 2 is 1.83 bits per heavy atom. The molecule has 0 amide bonds. The molecule has 2 bridgehead atoms. The molecule has 0 radical (unpaired) electrons. The zero-order chi connectivity index (χ0) is 25.0. The Bertz CT molecular complexity index is 1580. The van der Waals surface area contributed by atoms with E-state index in [1.54, 1.807) is 32.2 Å². The van der Waals surface area contributed by atoms with Crippen molar-refractivity contribution in [1.29, 1.82) is 0 Å². The summed E-state index contributed by atoms with van der Waals surface area (Å²) < 4.78 is 13.4. The number of phenolic OH excluding ortho intramolecular Hbond substituents is 1. The number of pyridine rings is 1. The third-order valence-electron chi connectivity index (χ3n) is 7.63. The van der Waals surface area contributed by atoms with Crippen molar-refractivity contribution in [3.05, 3.63) is 92.2 Å². The first-order valence-electron chi connectivity index (χ1n) is 12.3. The number of ether oxygens (including phenoxy) is 1. The minimum atomic E-state index is -0.121. The number of piperidine rings is 1. The molecule has 36 heavy (non-hydrogen) atoms. The first-order valence-corrected chi connectivity index (χ1v) is 12.3. The molecule has 6 rings (SSSR count). The molecule has 7 nitrogen and oxygen atoms in total. The first-order chi connectivity index (χ1) is 17.4. The molecule has 1 saturated heterocycles. The number of hydrogen-bond acceptors (Lipinski definition) is 6. The van der Waals surface area contributed by atoms with E-state index in [0.717, 1.165) is 30.8 Å². The van der Waals surface area contributed by atoms with Crippen molar-refractivity contribution in [3.63, 3.8) is 0 Å². The number of aromatic hydroxyl groups is 1. The van der Waals surface area contributed by atoms with Crippen molar-refractivity contribution in [3.8, 4) is 22.6 Å². The van der Waals surface area contributed by atoms with Crippen molar-refractivity contribution in [1.82, 2.24) is 9.47 Å². The summed E-state index contributed by atoms with van der Waals surface area (Å²) in [7, 11) is 1.60. The van der Waals surface area contributed by atoms with Crippen molar-refractivity contribution < 1.29 is 14.3 Å². The van der Waals surface area contributed by atoms with Gasteiger partial charge in [0.1, 0.15) is 22.8 Å². The molecule has 184 valence electrons. The standard InChI is InChI=1S/C29H28N2O5/c1-17-27(19-6-8-21(35-2)9-7-19)28(34)22-10-11-25(32)23(29(22)36-17)16-30-13-18-12-20(15-30)24-4-3-5-26(33)31(24)14-18/h3-11,18,20,32H,12-16H2,1-2H3/t18-,20-/m0/s1. The van der Waals surface area contributed by atoms with Gasteiger partial charge in [0.25, 0.3) is 5.56 Å². The van der Waals surface area contributed by atoms with E-state index in [-0.39, 0.29) is 22.7 Å². The number of methoxy groups -OCH3 is 1. The lowest BCUT2D eigenvalue weighted by Crippen LogP contribution is -2.46. The summed E-state index contributed by atoms with van der Waals surface area (Å²) in [5.74, 6) is 1.97. The Balaban J connectivity index is 1.37. The molecule has 2 aromatic carbocycles. The molecule has 4 heterocycles. The highest BCUT2D eigenvalue weighted by Gasteiger charge is 2.35. The van der Waals surface area contributed by atoms with Crippen LogP contribution in [-0.2, 0) is 13.1 Å². The predicted octanol–water partition coefficient (Wildman–Crippen LogP) is 4.26. The molecule has 0 spiro atoms. The zero-order valence-corrected chi connectivity index (χ0v) is 20.4. The highest BCUT2D eigenvalue weighted by molar-refractivity contribution is 5.86. The van der Waals surface area contributed by atoms with Gasteiger partial charge in [0.15, 0.2) is 0 Å². The van der Waals surface area contributed by atoms with Gasteiger partial charge in [-0.15, -0.1) is 0 Å². The largest absolute Gasteiger partial charge is 0.507 e. The van der Waals surface area contributed by atoms with Crippen LogP contribution < -0.4 is 15.7 Å². The van der Waals surface area contributed by atoms with Crippen LogP contribution in [0.25, 0.3) is 22.1 Å². The van der Waals surface area contributed by atoms with E-state index in [1.165, 1.54) is 0 Å². The van der Waals surface area contributed by atoms with Crippen LogP contribution in [0.1, 0.15) is 29.4 Å². The third kappa shape index (κ3) is 3.71. The Morgan fingerprint density at radius 1 is 1.03 bits per heavy atom. The molecule has 0 aliphatic carbocycles. The summed E-state index contributed by atoms with van der Waals surface area (Å²) in [5.41, 5.74) is 3.35. The van der Waals surface area contributed by atoms with Crippen molar-refractivity contribution in [2.24, 2.45) is 5.92 Å². The molecule has 7 heteroatoms. The second-order valence-electron chi connectivity index (χ2n) is 9.92. The maximum Gasteiger partial charge on any atom is 0.250 e. The minimum Gasteiger partial charge on any atom is -0.507 e. The van der Waals surface area contributed by atoms with Crippen LogP contribution in [0.2, 0.25) is 0 Å². The van der Waals surface area contributed by atoms with Gasteiger partial charge < -0.3 is 18.8 Å². The first kappa shape index (κ1) is 22.6. The van der Waals surface area contributed by atoms with Crippen LogP contribution in [0.5, 0.6) is 11.5 Å². The molecule has 1 N–H and O–H groups in total. The van der Waals surface area contributed by atoms with Crippen LogP contribution in [0.15, 0.2) is 68.6 Å². The number of aromatic nitrogens is 1. The molecular formula is C29H28N2O5. The van der Waals surface area contributed by atoms with Crippen LogP contribution in [0.3, 0.4) is 0 Å². The Morgan fingerprint density at radius 3 is 2.61 bits per heavy atom. The quantitative estimate of drug-likeness (QED) is 0.466. The van der Waals surface area contributed by atoms with Gasteiger partial charge in [-0.2, -0.15) is 0 Å². The van der Waals surface area contributed by atoms with E-state index < -0.39 is 0 Å². The van der Waals surface area contributed by atoms with Gasteiger partial charge in [-0.25, -0.2) is 0 Å². The van der Waals surface area contributed by atoms with Crippen LogP contribution in [0.4, 0.5) is 0 Å². The van der Waals surface area contributed by atoms with Gasteiger partial charge in [0.2, 0.25) is 5.43 Å². The number of aryl methyl sites for hydroxylation is 1. The molecule has 4 aromatic rings. The Hall–Kier alpha value is -3.84. The van der Waals surface area contributed by atoms with E-state index in [4.69, 9.17) is 9.15 Å². The minimum absolute atomic E-state index is 0.0623. The molecule has 2 aliphatic rings. The lowest BCUT2D eigenvalue weighted by Gasteiger charge is -2.42. The number of hydrogen-bond donors (Lipinski definition) is 1. The van der Waals surface area contributed by atoms with E-state index in [1.807, 2.05) is 41.0 Å². The summed E-state index contributed by atoms with van der Waals surface area (Å²) in [6.07, 6.45) is 1.06. The number of benzene rings is 2. The van der Waals surface area contributed by atoms with E-state index in [0.29, 0.717) is 52.6 Å². The van der Waals surface area contributed by atoms with Gasteiger partial charge in [-0.3, -0.25) is 14.5 Å². The van der Waals surface area contributed by atoms with Crippen LogP contribution in [0, 0.1) is 12.8 Å². The van der Waals surface area contributed by atoms with Crippen molar-refractivity contribution in [2.75, 3.05) is 20.2 Å². The summed E-state index contributed by atoms with van der Waals surface area (Å²) in [5, 5.41) is 11.3. The Labute approximate surface area is 208 Å². The van der Waals surface area contributed by atoms with E-state index in [2.05, 4.69) is 4.90 Å². The molecular weight excluding hydrogens is 456 g/mol. The summed E-state index contributed by atoms with van der Waals surface area (Å²) >= 11 is 0. The van der Waals surface area contributed by atoms with E-state index in [9.17, 15) is 14.7 Å². The maximum atomic E-state index is 13.6. The SMILES string of the molecule is COc1ccc(-c2c(C)oc3c(CN4C[C@@H]5C[C@@H](C4)c4cccc(=O)n4C5)c(O)ccc3c2=O)cc1. The lowest BCUT2D eigenvalue weighted by atomic mass is 9.83. The van der Waals surface area contributed by atoms with Gasteiger partial charge in [0, 0.05) is 43.9 Å². The summed E-state index contributed by atoms with van der Waals surface area (Å²) in [6.45, 7) is 4.57. The molecule has 2 atom stereocenters. The monoisotopic (exact) mass is 484 g/mol. The number of likely N-dealkylation sites (tertiary alicyclic amines) is 1. The Kier molecular flexibility index (Phi) is 5.45. The normalized spacial score (nSPS) is 19.3. The highest BCUT2D eigenvalue weighted by atomic mass is 16.5. The molecule has 2 aliphatic heterocycles. The average molecular weight is 485 g/mol. The fourth-order valence-corrected chi connectivity index (χ4v) is 6.00. The number of rotatable bonds is 4. The van der Waals surface area contributed by atoms with Gasteiger partial charge in [0.05, 0.1) is 23.6 Å². The second-order valence-corrected chi connectivity index (χ2v) is 9.92. The fraction of sp³-hybridized carbons (Fsp3) is 0.310. The molecule has 2 aromatic heterocycles. The maximum absolute atomic E-state index is 13.6. The molecule has 1 fully saturated rings.